The highest BCUT2D eigenvalue weighted by molar-refractivity contribution is 6.32. The zero-order valence-electron chi connectivity index (χ0n) is 30.9. The van der Waals surface area contributed by atoms with E-state index in [1.807, 2.05) is 32.2 Å². The van der Waals surface area contributed by atoms with Crippen LogP contribution in [0, 0.1) is 19.8 Å². The van der Waals surface area contributed by atoms with Crippen LogP contribution in [0.15, 0.2) is 41.3 Å². The first-order valence-electron chi connectivity index (χ1n) is 18.5. The quantitative estimate of drug-likeness (QED) is 0.214. The number of imide groups is 1. The van der Waals surface area contributed by atoms with Crippen molar-refractivity contribution in [1.82, 2.24) is 19.7 Å². The van der Waals surface area contributed by atoms with Gasteiger partial charge in [-0.3, -0.25) is 24.6 Å². The largest absolute Gasteiger partial charge is 0.496 e. The summed E-state index contributed by atoms with van der Waals surface area (Å²) in [5.74, 6) is 0.230. The minimum atomic E-state index is -4.52. The number of alkyl halides is 3. The number of piperidine rings is 3. The average molecular weight is 756 g/mol. The molecular weight excluding hydrogens is 707 g/mol. The van der Waals surface area contributed by atoms with Crippen molar-refractivity contribution in [2.45, 2.75) is 83.5 Å². The molecule has 3 aromatic rings. The normalized spacial score (nSPS) is 19.7. The smallest absolute Gasteiger partial charge is 0.416 e. The first kappa shape index (κ1) is 38.8. The number of hydrogen-bond acceptors (Lipinski definition) is 7. The van der Waals surface area contributed by atoms with Gasteiger partial charge in [-0.05, 0) is 138 Å². The van der Waals surface area contributed by atoms with Gasteiger partial charge in [0, 0.05) is 53.6 Å². The van der Waals surface area contributed by atoms with Gasteiger partial charge < -0.3 is 19.5 Å². The second-order valence-corrected chi connectivity index (χ2v) is 15.3. The number of methoxy groups -OCH3 is 1. The molecule has 0 spiro atoms. The van der Waals surface area contributed by atoms with Gasteiger partial charge in [0.25, 0.3) is 5.56 Å². The number of aromatic nitrogens is 1. The highest BCUT2D eigenvalue weighted by atomic mass is 35.5. The van der Waals surface area contributed by atoms with E-state index in [1.54, 1.807) is 30.9 Å². The Morgan fingerprint density at radius 2 is 1.64 bits per heavy atom. The molecule has 0 aliphatic carbocycles. The summed E-state index contributed by atoms with van der Waals surface area (Å²) in [5.41, 5.74) is 4.30. The molecule has 0 bridgehead atoms. The van der Waals surface area contributed by atoms with E-state index in [-0.39, 0.29) is 35.9 Å². The lowest BCUT2D eigenvalue weighted by atomic mass is 9.85. The highest BCUT2D eigenvalue weighted by Gasteiger charge is 2.37. The molecule has 2 N–H and O–H groups in total. The van der Waals surface area contributed by atoms with Gasteiger partial charge in [-0.2, -0.15) is 13.2 Å². The number of carbonyl (C=O) groups excluding carboxylic acids is 2. The van der Waals surface area contributed by atoms with Crippen LogP contribution in [0.25, 0.3) is 11.1 Å². The third-order valence-corrected chi connectivity index (χ3v) is 11.9. The molecule has 13 heteroatoms. The molecule has 2 amide bonds. The van der Waals surface area contributed by atoms with Crippen LogP contribution < -0.4 is 20.9 Å². The van der Waals surface area contributed by atoms with Gasteiger partial charge in [-0.15, -0.1) is 0 Å². The van der Waals surface area contributed by atoms with Crippen molar-refractivity contribution in [1.29, 1.82) is 0 Å². The van der Waals surface area contributed by atoms with Crippen molar-refractivity contribution in [2.24, 2.45) is 13.0 Å². The molecule has 3 saturated heterocycles. The Hall–Kier alpha value is -3.87. The summed E-state index contributed by atoms with van der Waals surface area (Å²) in [6.07, 6.45) is 2.22. The maximum Gasteiger partial charge on any atom is 0.416 e. The van der Waals surface area contributed by atoms with Crippen LogP contribution in [0.3, 0.4) is 0 Å². The Labute approximate surface area is 313 Å². The van der Waals surface area contributed by atoms with Crippen LogP contribution in [0.1, 0.15) is 78.7 Å². The second-order valence-electron chi connectivity index (χ2n) is 14.9. The van der Waals surface area contributed by atoms with Gasteiger partial charge in [0.15, 0.2) is 0 Å². The lowest BCUT2D eigenvalue weighted by Gasteiger charge is -2.36. The zero-order valence-corrected chi connectivity index (χ0v) is 31.6. The standard InChI is InChI=1S/C40H49ClF3N5O4/c1-24-25(2)39(52)47(3)22-31(24)28-19-34(41)32(36(20-28)53-4)23-49-15-10-26(11-16-49)9-14-48-17-12-27(13-18-48)30-6-5-29(21-33(30)40(42,43)44)45-35-7-8-37(50)46-38(35)51/h5-6,19-22,26-27,35,45H,7-18,23H2,1-4H3,(H,46,50,51). The van der Waals surface area contributed by atoms with Crippen LogP contribution in [0.4, 0.5) is 18.9 Å². The van der Waals surface area contributed by atoms with E-state index in [9.17, 15) is 27.6 Å². The zero-order chi connectivity index (χ0) is 38.0. The van der Waals surface area contributed by atoms with Crippen molar-refractivity contribution in [3.05, 3.63) is 79.7 Å². The van der Waals surface area contributed by atoms with Crippen LogP contribution >= 0.6 is 11.6 Å². The van der Waals surface area contributed by atoms with Gasteiger partial charge in [0.2, 0.25) is 11.8 Å². The molecule has 1 unspecified atom stereocenters. The maximum absolute atomic E-state index is 14.2. The number of hydrogen-bond donors (Lipinski definition) is 2. The number of pyridine rings is 1. The van der Waals surface area contributed by atoms with Crippen LogP contribution in [-0.4, -0.2) is 72.1 Å². The summed E-state index contributed by atoms with van der Waals surface area (Å²) < 4.78 is 50.1. The average Bonchev–Trinajstić information content (AvgIpc) is 3.13. The monoisotopic (exact) mass is 755 g/mol. The number of likely N-dealkylation sites (tertiary alicyclic amines) is 2. The SMILES string of the molecule is COc1cc(-c2cn(C)c(=O)c(C)c2C)cc(Cl)c1CN1CCC(CCN2CCC(c3ccc(NC4CCC(=O)NC4=O)cc3C(F)(F)F)CC2)CC1. The number of aryl methyl sites for hydroxylation is 1. The number of ether oxygens (including phenoxy) is 1. The Bertz CT molecular complexity index is 1900. The van der Waals surface area contributed by atoms with E-state index < -0.39 is 23.7 Å². The van der Waals surface area contributed by atoms with Crippen LogP contribution in [-0.2, 0) is 29.4 Å². The van der Waals surface area contributed by atoms with E-state index in [0.29, 0.717) is 41.5 Å². The number of anilines is 1. The first-order chi connectivity index (χ1) is 25.2. The predicted octanol–water partition coefficient (Wildman–Crippen LogP) is 7.05. The fourth-order valence-electron chi connectivity index (χ4n) is 8.14. The predicted molar refractivity (Wildman–Crippen MR) is 200 cm³/mol. The Kier molecular flexibility index (Phi) is 11.9. The fraction of sp³-hybridized carbons (Fsp3) is 0.525. The molecule has 3 aliphatic heterocycles. The van der Waals surface area contributed by atoms with E-state index in [1.165, 1.54) is 0 Å². The maximum atomic E-state index is 14.2. The number of rotatable bonds is 10. The molecule has 4 heterocycles. The number of amides is 2. The Morgan fingerprint density at radius 3 is 2.30 bits per heavy atom. The topological polar surface area (TPSA) is 95.9 Å². The molecule has 0 saturated carbocycles. The van der Waals surface area contributed by atoms with Crippen molar-refractivity contribution < 1.29 is 27.5 Å². The molecule has 286 valence electrons. The molecule has 0 radical (unpaired) electrons. The number of benzene rings is 2. The molecule has 6 rings (SSSR count). The van der Waals surface area contributed by atoms with Gasteiger partial charge in [-0.1, -0.05) is 17.7 Å². The molecule has 1 aromatic heterocycles. The van der Waals surface area contributed by atoms with Crippen LogP contribution in [0.5, 0.6) is 5.75 Å². The highest BCUT2D eigenvalue weighted by Crippen LogP contribution is 2.41. The van der Waals surface area contributed by atoms with Gasteiger partial charge in [0.05, 0.1) is 12.7 Å². The van der Waals surface area contributed by atoms with E-state index in [4.69, 9.17) is 16.3 Å². The van der Waals surface area contributed by atoms with Gasteiger partial charge in [-0.25, -0.2) is 0 Å². The lowest BCUT2D eigenvalue weighted by Crippen LogP contribution is -2.47. The van der Waals surface area contributed by atoms with E-state index >= 15 is 0 Å². The first-order valence-corrected chi connectivity index (χ1v) is 18.9. The van der Waals surface area contributed by atoms with E-state index in [0.717, 1.165) is 86.1 Å². The minimum Gasteiger partial charge on any atom is -0.496 e. The fourth-order valence-corrected chi connectivity index (χ4v) is 8.41. The second kappa shape index (κ2) is 16.2. The minimum absolute atomic E-state index is 0.0147. The molecular formula is C40H49ClF3N5O4. The number of nitrogens with zero attached hydrogens (tertiary/aromatic N) is 3. The Balaban J connectivity index is 0.991. The number of halogens is 4. The number of carbonyl (C=O) groups is 2. The lowest BCUT2D eigenvalue weighted by molar-refractivity contribution is -0.138. The molecule has 3 fully saturated rings. The molecule has 9 nitrogen and oxygen atoms in total. The summed E-state index contributed by atoms with van der Waals surface area (Å²) in [6.45, 7) is 8.81. The number of nitrogens with one attached hydrogen (secondary N) is 2. The van der Waals surface area contributed by atoms with E-state index in [2.05, 4.69) is 20.4 Å². The molecule has 3 aliphatic rings. The van der Waals surface area contributed by atoms with Crippen LogP contribution in [0.2, 0.25) is 5.02 Å². The molecule has 53 heavy (non-hydrogen) atoms. The summed E-state index contributed by atoms with van der Waals surface area (Å²) in [6, 6.07) is 7.49. The molecule has 2 aromatic carbocycles. The third kappa shape index (κ3) is 8.92. The summed E-state index contributed by atoms with van der Waals surface area (Å²) >= 11 is 6.88. The summed E-state index contributed by atoms with van der Waals surface area (Å²) in [4.78, 5) is 40.8. The van der Waals surface area contributed by atoms with Crippen molar-refractivity contribution in [2.75, 3.05) is 45.2 Å². The van der Waals surface area contributed by atoms with Gasteiger partial charge in [0.1, 0.15) is 11.8 Å². The summed E-state index contributed by atoms with van der Waals surface area (Å²) in [5, 5.41) is 5.76. The van der Waals surface area contributed by atoms with Gasteiger partial charge >= 0.3 is 6.18 Å². The molecule has 1 atom stereocenters. The van der Waals surface area contributed by atoms with Crippen molar-refractivity contribution >= 4 is 29.1 Å². The van der Waals surface area contributed by atoms with Crippen molar-refractivity contribution in [3.63, 3.8) is 0 Å². The summed E-state index contributed by atoms with van der Waals surface area (Å²) in [7, 11) is 3.41. The van der Waals surface area contributed by atoms with Crippen molar-refractivity contribution in [3.8, 4) is 16.9 Å². The Morgan fingerprint density at radius 1 is 0.943 bits per heavy atom. The third-order valence-electron chi connectivity index (χ3n) is 11.5.